The van der Waals surface area contributed by atoms with E-state index in [4.69, 9.17) is 4.52 Å². The van der Waals surface area contributed by atoms with Gasteiger partial charge in [0.05, 0.1) is 18.2 Å². The Morgan fingerprint density at radius 1 is 1.20 bits per heavy atom. The molecule has 0 radical (unpaired) electrons. The summed E-state index contributed by atoms with van der Waals surface area (Å²) in [7, 11) is 0. The Labute approximate surface area is 147 Å². The summed E-state index contributed by atoms with van der Waals surface area (Å²) in [6.07, 6.45) is 0.268. The molecule has 1 fully saturated rings. The van der Waals surface area contributed by atoms with Crippen LogP contribution in [-0.2, 0) is 16.0 Å². The van der Waals surface area contributed by atoms with Gasteiger partial charge in [-0.15, -0.1) is 0 Å². The van der Waals surface area contributed by atoms with E-state index < -0.39 is 0 Å². The number of aryl methyl sites for hydroxylation is 2. The van der Waals surface area contributed by atoms with Gasteiger partial charge in [-0.3, -0.25) is 9.59 Å². The molecular weight excluding hydrogens is 318 g/mol. The fourth-order valence-corrected chi connectivity index (χ4v) is 3.33. The Kier molecular flexibility index (Phi) is 4.88. The molecule has 1 atom stereocenters. The Morgan fingerprint density at radius 2 is 1.92 bits per heavy atom. The number of hydrogen-bond donors (Lipinski definition) is 0. The van der Waals surface area contributed by atoms with Gasteiger partial charge in [0.1, 0.15) is 5.76 Å². The molecule has 1 aliphatic heterocycles. The topological polar surface area (TPSA) is 66.7 Å². The van der Waals surface area contributed by atoms with Crippen LogP contribution in [0.5, 0.6) is 0 Å². The fourth-order valence-electron chi connectivity index (χ4n) is 3.33. The molecule has 0 N–H and O–H groups in total. The van der Waals surface area contributed by atoms with E-state index in [0.717, 1.165) is 16.8 Å². The smallest absolute Gasteiger partial charge is 0.227 e. The van der Waals surface area contributed by atoms with Crippen LogP contribution < -0.4 is 0 Å². The molecule has 0 bridgehead atoms. The zero-order chi connectivity index (χ0) is 18.0. The SMILES string of the molecule is CC(=O)N1CCN(C(=O)Cc2c(C)noc2C)[C@H](c2ccccc2)C1. The maximum atomic E-state index is 13.0. The highest BCUT2D eigenvalue weighted by Gasteiger charge is 2.33. The van der Waals surface area contributed by atoms with E-state index in [0.29, 0.717) is 25.4 Å². The van der Waals surface area contributed by atoms with Crippen molar-refractivity contribution in [2.75, 3.05) is 19.6 Å². The predicted octanol–water partition coefficient (Wildman–Crippen LogP) is 2.27. The van der Waals surface area contributed by atoms with Crippen molar-refractivity contribution < 1.29 is 14.1 Å². The minimum Gasteiger partial charge on any atom is -0.361 e. The van der Waals surface area contributed by atoms with Gasteiger partial charge in [0.25, 0.3) is 0 Å². The molecule has 2 amide bonds. The number of aromatic nitrogens is 1. The van der Waals surface area contributed by atoms with Crippen LogP contribution in [-0.4, -0.2) is 46.4 Å². The van der Waals surface area contributed by atoms with E-state index in [1.54, 1.807) is 11.8 Å². The van der Waals surface area contributed by atoms with Gasteiger partial charge >= 0.3 is 0 Å². The van der Waals surface area contributed by atoms with Crippen molar-refractivity contribution in [1.82, 2.24) is 15.0 Å². The number of benzene rings is 1. The van der Waals surface area contributed by atoms with Crippen molar-refractivity contribution in [2.24, 2.45) is 0 Å². The zero-order valence-corrected chi connectivity index (χ0v) is 14.9. The highest BCUT2D eigenvalue weighted by molar-refractivity contribution is 5.80. The van der Waals surface area contributed by atoms with Gasteiger partial charge < -0.3 is 14.3 Å². The Morgan fingerprint density at radius 3 is 2.52 bits per heavy atom. The molecule has 25 heavy (non-hydrogen) atoms. The van der Waals surface area contributed by atoms with Crippen LogP contribution in [0.2, 0.25) is 0 Å². The Hall–Kier alpha value is -2.63. The van der Waals surface area contributed by atoms with Crippen LogP contribution in [0, 0.1) is 13.8 Å². The first-order valence-corrected chi connectivity index (χ1v) is 8.49. The van der Waals surface area contributed by atoms with Crippen LogP contribution in [0.1, 0.15) is 35.5 Å². The van der Waals surface area contributed by atoms with Crippen LogP contribution in [0.25, 0.3) is 0 Å². The lowest BCUT2D eigenvalue weighted by Crippen LogP contribution is -2.52. The highest BCUT2D eigenvalue weighted by Crippen LogP contribution is 2.27. The summed E-state index contributed by atoms with van der Waals surface area (Å²) in [5.74, 6) is 0.759. The molecule has 2 aromatic rings. The quantitative estimate of drug-likeness (QED) is 0.859. The van der Waals surface area contributed by atoms with Crippen molar-refractivity contribution in [3.05, 3.63) is 52.9 Å². The largest absolute Gasteiger partial charge is 0.361 e. The molecular formula is C19H23N3O3. The Balaban J connectivity index is 1.84. The minimum absolute atomic E-state index is 0.0338. The summed E-state index contributed by atoms with van der Waals surface area (Å²) >= 11 is 0. The maximum absolute atomic E-state index is 13.0. The predicted molar refractivity (Wildman–Crippen MR) is 92.8 cm³/mol. The van der Waals surface area contributed by atoms with E-state index in [9.17, 15) is 9.59 Å². The molecule has 1 aromatic heterocycles. The Bertz CT molecular complexity index is 750. The zero-order valence-electron chi connectivity index (χ0n) is 14.9. The van der Waals surface area contributed by atoms with E-state index in [1.807, 2.05) is 49.1 Å². The van der Waals surface area contributed by atoms with Crippen molar-refractivity contribution >= 4 is 11.8 Å². The second-order valence-electron chi connectivity index (χ2n) is 6.46. The average Bonchev–Trinajstić information content (AvgIpc) is 2.93. The maximum Gasteiger partial charge on any atom is 0.227 e. The minimum atomic E-state index is -0.133. The number of hydrogen-bond acceptors (Lipinski definition) is 4. The summed E-state index contributed by atoms with van der Waals surface area (Å²) in [6.45, 7) is 6.86. The summed E-state index contributed by atoms with van der Waals surface area (Å²) in [5, 5.41) is 3.93. The second-order valence-corrected chi connectivity index (χ2v) is 6.46. The molecule has 132 valence electrons. The van der Waals surface area contributed by atoms with Crippen LogP contribution in [0.4, 0.5) is 0 Å². The number of nitrogens with zero attached hydrogens (tertiary/aromatic N) is 3. The summed E-state index contributed by atoms with van der Waals surface area (Å²) in [4.78, 5) is 28.5. The lowest BCUT2D eigenvalue weighted by molar-refractivity contribution is -0.141. The molecule has 0 saturated carbocycles. The molecule has 6 nitrogen and oxygen atoms in total. The fraction of sp³-hybridized carbons (Fsp3) is 0.421. The number of carbonyl (C=O) groups is 2. The first-order chi connectivity index (χ1) is 12.0. The number of rotatable bonds is 3. The van der Waals surface area contributed by atoms with Crippen molar-refractivity contribution in [3.8, 4) is 0 Å². The van der Waals surface area contributed by atoms with E-state index in [-0.39, 0.29) is 24.3 Å². The molecule has 1 aliphatic rings. The first kappa shape index (κ1) is 17.2. The van der Waals surface area contributed by atoms with Gasteiger partial charge in [0.15, 0.2) is 0 Å². The monoisotopic (exact) mass is 341 g/mol. The average molecular weight is 341 g/mol. The summed E-state index contributed by atoms with van der Waals surface area (Å²) in [6, 6.07) is 9.74. The number of piperazine rings is 1. The first-order valence-electron chi connectivity index (χ1n) is 8.49. The molecule has 1 aromatic carbocycles. The lowest BCUT2D eigenvalue weighted by atomic mass is 10.0. The van der Waals surface area contributed by atoms with Crippen molar-refractivity contribution in [3.63, 3.8) is 0 Å². The van der Waals surface area contributed by atoms with Gasteiger partial charge in [-0.05, 0) is 19.4 Å². The third kappa shape index (κ3) is 3.57. The van der Waals surface area contributed by atoms with Gasteiger partial charge in [-0.2, -0.15) is 0 Å². The van der Waals surface area contributed by atoms with E-state index in [1.165, 1.54) is 0 Å². The molecule has 1 saturated heterocycles. The van der Waals surface area contributed by atoms with E-state index in [2.05, 4.69) is 5.16 Å². The van der Waals surface area contributed by atoms with E-state index >= 15 is 0 Å². The number of carbonyl (C=O) groups excluding carboxylic acids is 2. The second kappa shape index (κ2) is 7.09. The molecule has 0 unspecified atom stereocenters. The van der Waals surface area contributed by atoms with Gasteiger partial charge in [-0.1, -0.05) is 35.5 Å². The lowest BCUT2D eigenvalue weighted by Gasteiger charge is -2.41. The molecule has 0 aliphatic carbocycles. The van der Waals surface area contributed by atoms with Crippen molar-refractivity contribution in [1.29, 1.82) is 0 Å². The summed E-state index contributed by atoms with van der Waals surface area (Å²) < 4.78 is 5.17. The molecule has 6 heteroatoms. The summed E-state index contributed by atoms with van der Waals surface area (Å²) in [5.41, 5.74) is 2.65. The van der Waals surface area contributed by atoms with Gasteiger partial charge in [-0.25, -0.2) is 0 Å². The molecule has 3 rings (SSSR count). The standard InChI is InChI=1S/C19H23N3O3/c1-13-17(14(2)25-20-13)11-19(24)22-10-9-21(15(3)23)12-18(22)16-7-5-4-6-8-16/h4-8,18H,9-12H2,1-3H3/t18-/m0/s1. The van der Waals surface area contributed by atoms with Gasteiger partial charge in [0, 0.05) is 32.1 Å². The van der Waals surface area contributed by atoms with Crippen molar-refractivity contribution in [2.45, 2.75) is 33.2 Å². The number of amides is 2. The van der Waals surface area contributed by atoms with Crippen LogP contribution in [0.15, 0.2) is 34.9 Å². The highest BCUT2D eigenvalue weighted by atomic mass is 16.5. The van der Waals surface area contributed by atoms with Crippen LogP contribution >= 0.6 is 0 Å². The third-order valence-corrected chi connectivity index (χ3v) is 4.84. The molecule has 0 spiro atoms. The normalized spacial score (nSPS) is 17.6. The molecule has 2 heterocycles. The van der Waals surface area contributed by atoms with Gasteiger partial charge in [0.2, 0.25) is 11.8 Å². The van der Waals surface area contributed by atoms with Crippen LogP contribution in [0.3, 0.4) is 0 Å². The third-order valence-electron chi connectivity index (χ3n) is 4.84.